The lowest BCUT2D eigenvalue weighted by Crippen LogP contribution is -2.39. The van der Waals surface area contributed by atoms with Crippen molar-refractivity contribution in [1.82, 2.24) is 10.2 Å². The normalized spacial score (nSPS) is 13.6. The average Bonchev–Trinajstić information content (AvgIpc) is 3.39. The predicted molar refractivity (Wildman–Crippen MR) is 133 cm³/mol. The molecule has 0 unspecified atom stereocenters. The molecule has 0 saturated heterocycles. The summed E-state index contributed by atoms with van der Waals surface area (Å²) in [6.45, 7) is 1.49. The van der Waals surface area contributed by atoms with Crippen LogP contribution in [0.2, 0.25) is 0 Å². The first-order valence-corrected chi connectivity index (χ1v) is 11.6. The topological polar surface area (TPSA) is 98.4 Å². The number of hydrogen-bond donors (Lipinski definition) is 2. The zero-order valence-electron chi connectivity index (χ0n) is 20.1. The number of fused-ring (bicyclic) bond motifs is 2. The Hall–Kier alpha value is -4.40. The molecule has 3 aromatic carbocycles. The molecule has 2 aliphatic rings. The molecule has 9 heteroatoms. The fourth-order valence-electron chi connectivity index (χ4n) is 4.37. The van der Waals surface area contributed by atoms with Gasteiger partial charge in [-0.1, -0.05) is 18.2 Å². The predicted octanol–water partition coefficient (Wildman–Crippen LogP) is 3.95. The zero-order chi connectivity index (χ0) is 25.1. The lowest BCUT2D eigenvalue weighted by atomic mass is 9.99. The fraction of sp³-hybridized carbons (Fsp3) is 0.259. The van der Waals surface area contributed by atoms with Gasteiger partial charge >= 0.3 is 6.03 Å². The summed E-state index contributed by atoms with van der Waals surface area (Å²) in [6, 6.07) is 16.1. The first-order valence-electron chi connectivity index (χ1n) is 11.6. The molecule has 0 bridgehead atoms. The number of ether oxygens (including phenoxy) is 4. The maximum Gasteiger partial charge on any atom is 0.322 e. The Balaban J connectivity index is 1.25. The number of urea groups is 1. The molecule has 2 aliphatic heterocycles. The Morgan fingerprint density at radius 2 is 1.69 bits per heavy atom. The molecular weight excluding hydrogens is 462 g/mol. The summed E-state index contributed by atoms with van der Waals surface area (Å²) >= 11 is 0. The van der Waals surface area contributed by atoms with Gasteiger partial charge in [0.05, 0.1) is 25.5 Å². The van der Waals surface area contributed by atoms with E-state index in [1.54, 1.807) is 43.4 Å². The summed E-state index contributed by atoms with van der Waals surface area (Å²) < 4.78 is 21.5. The highest BCUT2D eigenvalue weighted by Crippen LogP contribution is 2.34. The lowest BCUT2D eigenvalue weighted by Gasteiger charge is -2.30. The van der Waals surface area contributed by atoms with Crippen molar-refractivity contribution in [2.75, 3.05) is 32.9 Å². The molecule has 0 atom stereocenters. The van der Waals surface area contributed by atoms with Crippen molar-refractivity contribution < 1.29 is 28.5 Å². The molecule has 36 heavy (non-hydrogen) atoms. The van der Waals surface area contributed by atoms with Crippen molar-refractivity contribution in [1.29, 1.82) is 0 Å². The van der Waals surface area contributed by atoms with E-state index in [9.17, 15) is 9.59 Å². The van der Waals surface area contributed by atoms with Crippen LogP contribution in [0, 0.1) is 0 Å². The third-order valence-electron chi connectivity index (χ3n) is 6.31. The van der Waals surface area contributed by atoms with Crippen LogP contribution in [0.25, 0.3) is 0 Å². The van der Waals surface area contributed by atoms with E-state index in [1.165, 1.54) is 0 Å². The highest BCUT2D eigenvalue weighted by atomic mass is 16.7. The van der Waals surface area contributed by atoms with Gasteiger partial charge in [0, 0.05) is 19.6 Å². The number of rotatable bonds is 6. The lowest BCUT2D eigenvalue weighted by molar-refractivity contribution is 0.0951. The van der Waals surface area contributed by atoms with Crippen molar-refractivity contribution in [3.8, 4) is 23.0 Å². The zero-order valence-corrected chi connectivity index (χ0v) is 20.1. The smallest absolute Gasteiger partial charge is 0.322 e. The van der Waals surface area contributed by atoms with Gasteiger partial charge in [-0.2, -0.15) is 0 Å². The van der Waals surface area contributed by atoms with Gasteiger partial charge in [0.25, 0.3) is 5.91 Å². The maximum atomic E-state index is 13.1. The highest BCUT2D eigenvalue weighted by molar-refractivity contribution is 6.03. The second-order valence-corrected chi connectivity index (χ2v) is 8.49. The van der Waals surface area contributed by atoms with Gasteiger partial charge in [-0.25, -0.2) is 4.79 Å². The van der Waals surface area contributed by atoms with Crippen molar-refractivity contribution in [3.63, 3.8) is 0 Å². The second kappa shape index (κ2) is 10.1. The van der Waals surface area contributed by atoms with Crippen LogP contribution in [0.4, 0.5) is 10.5 Å². The molecule has 5 rings (SSSR count). The van der Waals surface area contributed by atoms with Crippen molar-refractivity contribution in [3.05, 3.63) is 76.9 Å². The molecule has 2 heterocycles. The van der Waals surface area contributed by atoms with E-state index in [1.807, 2.05) is 30.3 Å². The fourth-order valence-corrected chi connectivity index (χ4v) is 4.37. The largest absolute Gasteiger partial charge is 0.493 e. The van der Waals surface area contributed by atoms with Crippen LogP contribution < -0.4 is 29.6 Å². The van der Waals surface area contributed by atoms with Crippen molar-refractivity contribution in [2.45, 2.75) is 19.5 Å². The number of methoxy groups -OCH3 is 2. The van der Waals surface area contributed by atoms with E-state index in [0.29, 0.717) is 60.3 Å². The molecule has 3 amide bonds. The van der Waals surface area contributed by atoms with E-state index in [0.717, 1.165) is 16.7 Å². The molecule has 2 N–H and O–H groups in total. The number of nitrogens with one attached hydrogen (secondary N) is 2. The number of anilines is 1. The van der Waals surface area contributed by atoms with Crippen LogP contribution in [0.5, 0.6) is 23.0 Å². The van der Waals surface area contributed by atoms with Crippen LogP contribution in [0.1, 0.15) is 27.0 Å². The average molecular weight is 490 g/mol. The van der Waals surface area contributed by atoms with E-state index in [2.05, 4.69) is 10.6 Å². The van der Waals surface area contributed by atoms with Crippen LogP contribution >= 0.6 is 0 Å². The first kappa shape index (κ1) is 23.3. The van der Waals surface area contributed by atoms with Gasteiger partial charge in [-0.3, -0.25) is 4.79 Å². The molecule has 3 aromatic rings. The van der Waals surface area contributed by atoms with Crippen molar-refractivity contribution >= 4 is 17.6 Å². The molecule has 9 nitrogen and oxygen atoms in total. The molecule has 0 fully saturated rings. The monoisotopic (exact) mass is 489 g/mol. The summed E-state index contributed by atoms with van der Waals surface area (Å²) in [4.78, 5) is 27.8. The number of amides is 3. The number of benzene rings is 3. The quantitative estimate of drug-likeness (QED) is 0.544. The van der Waals surface area contributed by atoms with Crippen LogP contribution in [-0.2, 0) is 19.5 Å². The Morgan fingerprint density at radius 3 is 2.50 bits per heavy atom. The Morgan fingerprint density at radius 1 is 0.944 bits per heavy atom. The molecular formula is C27H27N3O6. The third kappa shape index (κ3) is 4.72. The number of hydrogen-bond acceptors (Lipinski definition) is 6. The number of carbonyl (C=O) groups is 2. The van der Waals surface area contributed by atoms with Gasteiger partial charge in [-0.05, 0) is 59.5 Å². The van der Waals surface area contributed by atoms with Gasteiger partial charge in [0.15, 0.2) is 23.0 Å². The van der Waals surface area contributed by atoms with Crippen molar-refractivity contribution in [2.24, 2.45) is 0 Å². The molecule has 0 aliphatic carbocycles. The summed E-state index contributed by atoms with van der Waals surface area (Å²) in [5, 5.41) is 5.82. The third-order valence-corrected chi connectivity index (χ3v) is 6.31. The summed E-state index contributed by atoms with van der Waals surface area (Å²) in [6.07, 6.45) is 0.695. The van der Waals surface area contributed by atoms with Gasteiger partial charge < -0.3 is 34.5 Å². The number of nitrogens with zero attached hydrogens (tertiary/aromatic N) is 1. The Kier molecular flexibility index (Phi) is 6.53. The molecule has 186 valence electrons. The standard InChI is InChI=1S/C27H27N3O6/c1-33-23-12-18-9-10-30(15-19(18)13-24(23)34-2)27(32)29-21-6-4-3-5-20(21)26(31)28-14-17-7-8-22-25(11-17)36-16-35-22/h3-8,11-13H,9-10,14-16H2,1-2H3,(H,28,31)(H,29,32). The molecule has 0 saturated carbocycles. The van der Waals surface area contributed by atoms with E-state index in [4.69, 9.17) is 18.9 Å². The SMILES string of the molecule is COc1cc2c(cc1OC)CN(C(=O)Nc1ccccc1C(=O)NCc1ccc3c(c1)OCO3)CC2. The van der Waals surface area contributed by atoms with Gasteiger partial charge in [0.1, 0.15) is 0 Å². The van der Waals surface area contributed by atoms with Crippen LogP contribution in [0.15, 0.2) is 54.6 Å². The number of carbonyl (C=O) groups excluding carboxylic acids is 2. The second-order valence-electron chi connectivity index (χ2n) is 8.49. The van der Waals surface area contributed by atoms with Gasteiger partial charge in [-0.15, -0.1) is 0 Å². The minimum absolute atomic E-state index is 0.197. The maximum absolute atomic E-state index is 13.1. The van der Waals surface area contributed by atoms with Gasteiger partial charge in [0.2, 0.25) is 6.79 Å². The number of para-hydroxylation sites is 1. The summed E-state index contributed by atoms with van der Waals surface area (Å²) in [5.41, 5.74) is 3.84. The van der Waals surface area contributed by atoms with Crippen LogP contribution in [0.3, 0.4) is 0 Å². The van der Waals surface area contributed by atoms with E-state index >= 15 is 0 Å². The first-order chi connectivity index (χ1) is 17.6. The Bertz CT molecular complexity index is 1310. The highest BCUT2D eigenvalue weighted by Gasteiger charge is 2.24. The summed E-state index contributed by atoms with van der Waals surface area (Å²) in [5.74, 6) is 2.37. The molecule has 0 radical (unpaired) electrons. The molecule has 0 spiro atoms. The van der Waals surface area contributed by atoms with E-state index < -0.39 is 0 Å². The minimum atomic E-state index is -0.288. The van der Waals surface area contributed by atoms with Crippen LogP contribution in [-0.4, -0.2) is 44.4 Å². The molecule has 0 aromatic heterocycles. The Labute approximate surface area is 208 Å². The van der Waals surface area contributed by atoms with E-state index in [-0.39, 0.29) is 18.7 Å². The summed E-state index contributed by atoms with van der Waals surface area (Å²) in [7, 11) is 3.20. The minimum Gasteiger partial charge on any atom is -0.493 e.